The molecule has 3 N–H and O–H groups in total. The maximum absolute atomic E-state index is 12.5. The van der Waals surface area contributed by atoms with Gasteiger partial charge in [0.05, 0.1) is 11.3 Å². The maximum atomic E-state index is 12.5. The highest BCUT2D eigenvalue weighted by molar-refractivity contribution is 6.03. The number of hydrogen-bond acceptors (Lipinski definition) is 5. The lowest BCUT2D eigenvalue weighted by Crippen LogP contribution is -2.28. The number of carbonyl (C=O) groups is 1. The van der Waals surface area contributed by atoms with Gasteiger partial charge in [-0.2, -0.15) is 0 Å². The van der Waals surface area contributed by atoms with Crippen molar-refractivity contribution in [2.45, 2.75) is 26.1 Å². The Morgan fingerprint density at radius 3 is 2.46 bits per heavy atom. The van der Waals surface area contributed by atoms with Crippen LogP contribution < -0.4 is 0 Å². The SMILES string of the molecule is Cc1nc2c(O)c(C(=O)[C@H](O)[C@@H](O)c3ccccc3)ccn2c1C. The third-order valence-electron chi connectivity index (χ3n) is 4.22. The maximum Gasteiger partial charge on any atom is 0.198 e. The Bertz CT molecular complexity index is 902. The molecule has 124 valence electrons. The largest absolute Gasteiger partial charge is 0.504 e. The van der Waals surface area contributed by atoms with Crippen molar-refractivity contribution in [3.63, 3.8) is 0 Å². The molecule has 0 saturated carbocycles. The molecule has 0 saturated heterocycles. The number of benzene rings is 1. The number of nitrogens with zero attached hydrogens (tertiary/aromatic N) is 2. The monoisotopic (exact) mass is 326 g/mol. The van der Waals surface area contributed by atoms with Gasteiger partial charge in [0.25, 0.3) is 0 Å². The second-order valence-electron chi connectivity index (χ2n) is 5.72. The van der Waals surface area contributed by atoms with E-state index >= 15 is 0 Å². The van der Waals surface area contributed by atoms with E-state index in [4.69, 9.17) is 0 Å². The number of carbonyl (C=O) groups excluding carboxylic acids is 1. The molecule has 2 atom stereocenters. The van der Waals surface area contributed by atoms with Crippen LogP contribution in [-0.2, 0) is 0 Å². The Balaban J connectivity index is 1.98. The Kier molecular flexibility index (Phi) is 4.09. The van der Waals surface area contributed by atoms with Gasteiger partial charge >= 0.3 is 0 Å². The van der Waals surface area contributed by atoms with E-state index in [1.165, 1.54) is 6.07 Å². The molecule has 3 rings (SSSR count). The van der Waals surface area contributed by atoms with Crippen molar-refractivity contribution >= 4 is 11.4 Å². The number of aryl methyl sites for hydroxylation is 2. The van der Waals surface area contributed by atoms with Crippen LogP contribution in [-0.4, -0.2) is 36.6 Å². The average Bonchev–Trinajstić information content (AvgIpc) is 2.90. The van der Waals surface area contributed by atoms with E-state index < -0.39 is 18.0 Å². The molecule has 0 aliphatic rings. The fourth-order valence-electron chi connectivity index (χ4n) is 2.66. The summed E-state index contributed by atoms with van der Waals surface area (Å²) in [6, 6.07) is 9.83. The summed E-state index contributed by atoms with van der Waals surface area (Å²) in [7, 11) is 0. The molecule has 0 unspecified atom stereocenters. The van der Waals surface area contributed by atoms with Crippen LogP contribution in [0.25, 0.3) is 5.65 Å². The van der Waals surface area contributed by atoms with E-state index in [0.29, 0.717) is 5.56 Å². The lowest BCUT2D eigenvalue weighted by Gasteiger charge is -2.17. The van der Waals surface area contributed by atoms with E-state index in [9.17, 15) is 20.1 Å². The Hall–Kier alpha value is -2.70. The molecule has 0 amide bonds. The predicted molar refractivity (Wildman–Crippen MR) is 88.1 cm³/mol. The first-order valence-electron chi connectivity index (χ1n) is 7.54. The third kappa shape index (κ3) is 2.55. The van der Waals surface area contributed by atoms with Crippen molar-refractivity contribution in [1.82, 2.24) is 9.38 Å². The summed E-state index contributed by atoms with van der Waals surface area (Å²) in [5, 5.41) is 30.8. The van der Waals surface area contributed by atoms with Crippen molar-refractivity contribution in [1.29, 1.82) is 0 Å². The molecule has 0 aliphatic carbocycles. The Morgan fingerprint density at radius 2 is 1.79 bits per heavy atom. The van der Waals surface area contributed by atoms with Crippen molar-refractivity contribution in [2.75, 3.05) is 0 Å². The van der Waals surface area contributed by atoms with Crippen LogP contribution >= 0.6 is 0 Å². The number of imidazole rings is 1. The van der Waals surface area contributed by atoms with Crippen LogP contribution in [0.3, 0.4) is 0 Å². The van der Waals surface area contributed by atoms with E-state index in [1.807, 2.05) is 6.92 Å². The number of aliphatic hydroxyl groups excluding tert-OH is 2. The predicted octanol–water partition coefficient (Wildman–Crippen LogP) is 1.93. The molecular weight excluding hydrogens is 308 g/mol. The number of hydrogen-bond donors (Lipinski definition) is 3. The number of rotatable bonds is 4. The first-order valence-corrected chi connectivity index (χ1v) is 7.54. The molecule has 0 radical (unpaired) electrons. The molecule has 2 aromatic heterocycles. The molecule has 2 heterocycles. The Labute approximate surface area is 138 Å². The van der Waals surface area contributed by atoms with Crippen LogP contribution in [0, 0.1) is 13.8 Å². The zero-order chi connectivity index (χ0) is 17.4. The number of aliphatic hydroxyl groups is 2. The van der Waals surface area contributed by atoms with Gasteiger partial charge in [0.1, 0.15) is 12.2 Å². The summed E-state index contributed by atoms with van der Waals surface area (Å²) in [5.74, 6) is -1.07. The van der Waals surface area contributed by atoms with E-state index in [-0.39, 0.29) is 17.0 Å². The topological polar surface area (TPSA) is 95.1 Å². The van der Waals surface area contributed by atoms with Crippen molar-refractivity contribution < 1.29 is 20.1 Å². The fraction of sp³-hybridized carbons (Fsp3) is 0.222. The normalized spacial score (nSPS) is 13.8. The summed E-state index contributed by atoms with van der Waals surface area (Å²) in [6.07, 6.45) is -1.45. The molecule has 6 heteroatoms. The van der Waals surface area contributed by atoms with Gasteiger partial charge in [0.15, 0.2) is 17.2 Å². The highest BCUT2D eigenvalue weighted by Gasteiger charge is 2.29. The minimum absolute atomic E-state index is 0.0741. The molecule has 24 heavy (non-hydrogen) atoms. The number of aromatic nitrogens is 2. The van der Waals surface area contributed by atoms with E-state index in [2.05, 4.69) is 4.98 Å². The van der Waals surface area contributed by atoms with Gasteiger partial charge in [0, 0.05) is 11.9 Å². The lowest BCUT2D eigenvalue weighted by atomic mass is 9.97. The summed E-state index contributed by atoms with van der Waals surface area (Å²) in [5.41, 5.74) is 2.18. The molecule has 0 fully saturated rings. The van der Waals surface area contributed by atoms with Crippen molar-refractivity contribution in [3.8, 4) is 5.75 Å². The number of Topliss-reactive ketones (excluding diaryl/α,β-unsaturated/α-hetero) is 1. The fourth-order valence-corrected chi connectivity index (χ4v) is 2.66. The van der Waals surface area contributed by atoms with Crippen LogP contribution in [0.2, 0.25) is 0 Å². The van der Waals surface area contributed by atoms with E-state index in [0.717, 1.165) is 11.4 Å². The van der Waals surface area contributed by atoms with Gasteiger partial charge < -0.3 is 19.7 Å². The van der Waals surface area contributed by atoms with Gasteiger partial charge in [-0.1, -0.05) is 30.3 Å². The number of ketones is 1. The molecule has 0 aliphatic heterocycles. The highest BCUT2D eigenvalue weighted by atomic mass is 16.3. The van der Waals surface area contributed by atoms with E-state index in [1.54, 1.807) is 47.9 Å². The lowest BCUT2D eigenvalue weighted by molar-refractivity contribution is 0.0202. The zero-order valence-electron chi connectivity index (χ0n) is 13.3. The van der Waals surface area contributed by atoms with Gasteiger partial charge in [-0.15, -0.1) is 0 Å². The summed E-state index contributed by atoms with van der Waals surface area (Å²) in [6.45, 7) is 3.65. The molecule has 0 bridgehead atoms. The van der Waals surface area contributed by atoms with Crippen LogP contribution in [0.15, 0.2) is 42.6 Å². The smallest absolute Gasteiger partial charge is 0.198 e. The molecule has 3 aromatic rings. The molecule has 1 aromatic carbocycles. The van der Waals surface area contributed by atoms with Gasteiger partial charge in [-0.3, -0.25) is 4.79 Å². The minimum Gasteiger partial charge on any atom is -0.504 e. The number of pyridine rings is 1. The standard InChI is InChI=1S/C18H18N2O4/c1-10-11(2)20-9-8-13(16(23)18(20)19-10)15(22)17(24)14(21)12-6-4-3-5-7-12/h3-9,14,17,21,23-24H,1-2H3/t14-,17+/m0/s1. The van der Waals surface area contributed by atoms with Crippen LogP contribution in [0.5, 0.6) is 5.75 Å². The second-order valence-corrected chi connectivity index (χ2v) is 5.72. The molecular formula is C18H18N2O4. The molecule has 6 nitrogen and oxygen atoms in total. The first-order chi connectivity index (χ1) is 11.4. The Morgan fingerprint density at radius 1 is 1.12 bits per heavy atom. The number of fused-ring (bicyclic) bond motifs is 1. The van der Waals surface area contributed by atoms with Crippen molar-refractivity contribution in [2.24, 2.45) is 0 Å². The quantitative estimate of drug-likeness (QED) is 0.637. The summed E-state index contributed by atoms with van der Waals surface area (Å²) >= 11 is 0. The van der Waals surface area contributed by atoms with Crippen molar-refractivity contribution in [3.05, 3.63) is 65.1 Å². The highest BCUT2D eigenvalue weighted by Crippen LogP contribution is 2.28. The first kappa shape index (κ1) is 16.2. The summed E-state index contributed by atoms with van der Waals surface area (Å²) in [4.78, 5) is 16.7. The van der Waals surface area contributed by atoms with Crippen LogP contribution in [0.1, 0.15) is 33.4 Å². The van der Waals surface area contributed by atoms with Gasteiger partial charge in [-0.05, 0) is 25.5 Å². The van der Waals surface area contributed by atoms with Crippen LogP contribution in [0.4, 0.5) is 0 Å². The second kappa shape index (κ2) is 6.07. The molecule has 0 spiro atoms. The summed E-state index contributed by atoms with van der Waals surface area (Å²) < 4.78 is 1.67. The average molecular weight is 326 g/mol. The minimum atomic E-state index is -1.68. The van der Waals surface area contributed by atoms with Gasteiger partial charge in [-0.25, -0.2) is 4.98 Å². The zero-order valence-corrected chi connectivity index (χ0v) is 13.3. The van der Waals surface area contributed by atoms with Gasteiger partial charge in [0.2, 0.25) is 0 Å². The third-order valence-corrected chi connectivity index (χ3v) is 4.22. The number of aromatic hydroxyl groups is 1.